The van der Waals surface area contributed by atoms with Crippen LogP contribution in [0.5, 0.6) is 5.75 Å². The first-order chi connectivity index (χ1) is 7.85. The van der Waals surface area contributed by atoms with Gasteiger partial charge in [-0.15, -0.1) is 0 Å². The first-order valence-corrected chi connectivity index (χ1v) is 6.66. The summed E-state index contributed by atoms with van der Waals surface area (Å²) < 4.78 is 30.5. The van der Waals surface area contributed by atoms with Gasteiger partial charge in [-0.3, -0.25) is 0 Å². The molecule has 0 spiro atoms. The van der Waals surface area contributed by atoms with Crippen molar-refractivity contribution in [1.82, 2.24) is 4.31 Å². The van der Waals surface area contributed by atoms with Crippen molar-refractivity contribution in [3.8, 4) is 5.75 Å². The highest BCUT2D eigenvalue weighted by atomic mass is 32.2. The van der Waals surface area contributed by atoms with E-state index in [1.54, 1.807) is 19.1 Å². The molecule has 1 fully saturated rings. The van der Waals surface area contributed by atoms with Crippen molar-refractivity contribution >= 4 is 10.0 Å². The lowest BCUT2D eigenvalue weighted by Gasteiger charge is -2.42. The maximum atomic E-state index is 12.1. The van der Waals surface area contributed by atoms with Crippen LogP contribution in [0.4, 0.5) is 0 Å². The molecule has 1 aromatic rings. The fourth-order valence-electron chi connectivity index (χ4n) is 1.79. The Kier molecular flexibility index (Phi) is 2.89. The molecule has 6 heteroatoms. The van der Waals surface area contributed by atoms with Crippen molar-refractivity contribution in [2.75, 3.05) is 20.2 Å². The topological polar surface area (TPSA) is 66.8 Å². The molecule has 0 aliphatic carbocycles. The summed E-state index contributed by atoms with van der Waals surface area (Å²) in [6.07, 6.45) is 0. The molecule has 5 nitrogen and oxygen atoms in total. The Balaban J connectivity index is 2.27. The monoisotopic (exact) mass is 257 g/mol. The van der Waals surface area contributed by atoms with Crippen LogP contribution in [-0.2, 0) is 10.0 Å². The number of hydrogen-bond donors (Lipinski definition) is 1. The molecule has 0 aromatic heterocycles. The van der Waals surface area contributed by atoms with E-state index in [2.05, 4.69) is 0 Å². The summed E-state index contributed by atoms with van der Waals surface area (Å²) >= 11 is 0. The van der Waals surface area contributed by atoms with Crippen LogP contribution in [0.2, 0.25) is 0 Å². The molecule has 1 heterocycles. The average molecular weight is 257 g/mol. The summed E-state index contributed by atoms with van der Waals surface area (Å²) in [6, 6.07) is 6.31. The van der Waals surface area contributed by atoms with Gasteiger partial charge in [-0.25, -0.2) is 8.42 Å². The van der Waals surface area contributed by atoms with Crippen LogP contribution in [0.3, 0.4) is 0 Å². The van der Waals surface area contributed by atoms with Gasteiger partial charge in [-0.05, 0) is 19.1 Å². The van der Waals surface area contributed by atoms with Gasteiger partial charge in [-0.1, -0.05) is 6.07 Å². The molecule has 0 saturated carbocycles. The Bertz CT molecular complexity index is 516. The summed E-state index contributed by atoms with van der Waals surface area (Å²) in [4.78, 5) is 0.187. The number of benzene rings is 1. The van der Waals surface area contributed by atoms with E-state index in [1.165, 1.54) is 23.5 Å². The van der Waals surface area contributed by atoms with E-state index in [-0.39, 0.29) is 18.0 Å². The Morgan fingerprint density at radius 3 is 2.59 bits per heavy atom. The summed E-state index contributed by atoms with van der Waals surface area (Å²) in [5, 5.41) is 9.56. The van der Waals surface area contributed by atoms with E-state index in [0.29, 0.717) is 5.75 Å². The fraction of sp³-hybridized carbons (Fsp3) is 0.455. The van der Waals surface area contributed by atoms with E-state index in [4.69, 9.17) is 4.74 Å². The van der Waals surface area contributed by atoms with Crippen LogP contribution in [0, 0.1) is 0 Å². The highest BCUT2D eigenvalue weighted by molar-refractivity contribution is 7.89. The third kappa shape index (κ3) is 2.29. The van der Waals surface area contributed by atoms with Gasteiger partial charge in [0, 0.05) is 19.2 Å². The van der Waals surface area contributed by atoms with Crippen molar-refractivity contribution in [3.63, 3.8) is 0 Å². The summed E-state index contributed by atoms with van der Waals surface area (Å²) in [5.41, 5.74) is -0.911. The largest absolute Gasteiger partial charge is 0.497 e. The number of sulfonamides is 1. The zero-order chi connectivity index (χ0) is 12.7. The zero-order valence-electron chi connectivity index (χ0n) is 9.75. The van der Waals surface area contributed by atoms with Gasteiger partial charge in [0.2, 0.25) is 10.0 Å². The molecule has 0 atom stereocenters. The maximum Gasteiger partial charge on any atom is 0.243 e. The minimum absolute atomic E-state index is 0.131. The van der Waals surface area contributed by atoms with E-state index >= 15 is 0 Å². The number of methoxy groups -OCH3 is 1. The zero-order valence-corrected chi connectivity index (χ0v) is 10.6. The fourth-order valence-corrected chi connectivity index (χ4v) is 3.50. The first kappa shape index (κ1) is 12.3. The normalized spacial score (nSPS) is 19.7. The van der Waals surface area contributed by atoms with Crippen LogP contribution in [0.1, 0.15) is 6.92 Å². The van der Waals surface area contributed by atoms with Gasteiger partial charge >= 0.3 is 0 Å². The van der Waals surface area contributed by atoms with E-state index < -0.39 is 15.6 Å². The predicted molar refractivity (Wildman–Crippen MR) is 62.4 cm³/mol. The highest BCUT2D eigenvalue weighted by Gasteiger charge is 2.43. The molecule has 2 rings (SSSR count). The number of aliphatic hydroxyl groups is 1. The van der Waals surface area contributed by atoms with Gasteiger partial charge in [0.25, 0.3) is 0 Å². The van der Waals surface area contributed by atoms with Gasteiger partial charge in [-0.2, -0.15) is 4.31 Å². The molecule has 0 bridgehead atoms. The Morgan fingerprint density at radius 1 is 1.41 bits per heavy atom. The molecule has 1 aliphatic heterocycles. The van der Waals surface area contributed by atoms with Crippen LogP contribution in [0.15, 0.2) is 29.2 Å². The highest BCUT2D eigenvalue weighted by Crippen LogP contribution is 2.28. The molecular formula is C11H15NO4S. The van der Waals surface area contributed by atoms with Gasteiger partial charge in [0.1, 0.15) is 5.75 Å². The van der Waals surface area contributed by atoms with Gasteiger partial charge in [0.05, 0.1) is 17.6 Å². The van der Waals surface area contributed by atoms with Crippen LogP contribution in [0.25, 0.3) is 0 Å². The number of β-amino-alcohol motifs (C(OH)–C–C–N with tert-alkyl or cyclic N) is 1. The van der Waals surface area contributed by atoms with E-state index in [1.807, 2.05) is 0 Å². The van der Waals surface area contributed by atoms with Crippen molar-refractivity contribution in [2.24, 2.45) is 0 Å². The molecule has 1 aliphatic rings. The molecule has 0 amide bonds. The average Bonchev–Trinajstić information content (AvgIpc) is 2.26. The summed E-state index contributed by atoms with van der Waals surface area (Å²) in [6.45, 7) is 1.88. The van der Waals surface area contributed by atoms with E-state index in [9.17, 15) is 13.5 Å². The lowest BCUT2D eigenvalue weighted by Crippen LogP contribution is -2.61. The molecule has 1 aromatic carbocycles. The van der Waals surface area contributed by atoms with Crippen molar-refractivity contribution < 1.29 is 18.3 Å². The molecule has 94 valence electrons. The Labute approximate surface area is 101 Å². The second-order valence-corrected chi connectivity index (χ2v) is 6.39. The predicted octanol–water partition coefficient (Wildman–Crippen LogP) is 0.450. The number of ether oxygens (including phenoxy) is 1. The lowest BCUT2D eigenvalue weighted by atomic mass is 10.0. The Morgan fingerprint density at radius 2 is 2.06 bits per heavy atom. The van der Waals surface area contributed by atoms with Crippen molar-refractivity contribution in [2.45, 2.75) is 17.4 Å². The molecule has 17 heavy (non-hydrogen) atoms. The third-order valence-corrected chi connectivity index (χ3v) is 4.50. The maximum absolute atomic E-state index is 12.1. The Hall–Kier alpha value is -1.11. The second-order valence-electron chi connectivity index (χ2n) is 4.45. The minimum Gasteiger partial charge on any atom is -0.497 e. The lowest BCUT2D eigenvalue weighted by molar-refractivity contribution is -0.0426. The van der Waals surface area contributed by atoms with Crippen LogP contribution >= 0.6 is 0 Å². The third-order valence-electron chi connectivity index (χ3n) is 2.71. The van der Waals surface area contributed by atoms with Gasteiger partial charge in [0.15, 0.2) is 0 Å². The molecule has 1 N–H and O–H groups in total. The minimum atomic E-state index is -3.51. The molecule has 0 unspecified atom stereocenters. The number of rotatable bonds is 3. The number of nitrogens with zero attached hydrogens (tertiary/aromatic N) is 1. The molecule has 1 saturated heterocycles. The van der Waals surface area contributed by atoms with Crippen LogP contribution < -0.4 is 4.74 Å². The standard InChI is InChI=1S/C11H15NO4S/c1-11(13)7-12(8-11)17(14,15)10-5-3-4-9(6-10)16-2/h3-6,13H,7-8H2,1-2H3. The van der Waals surface area contributed by atoms with Crippen molar-refractivity contribution in [3.05, 3.63) is 24.3 Å². The molecular weight excluding hydrogens is 242 g/mol. The quantitative estimate of drug-likeness (QED) is 0.853. The van der Waals surface area contributed by atoms with Crippen molar-refractivity contribution in [1.29, 1.82) is 0 Å². The summed E-state index contributed by atoms with van der Waals surface area (Å²) in [5.74, 6) is 0.498. The summed E-state index contributed by atoms with van der Waals surface area (Å²) in [7, 11) is -2.03. The van der Waals surface area contributed by atoms with Crippen LogP contribution in [-0.4, -0.2) is 43.6 Å². The van der Waals surface area contributed by atoms with Gasteiger partial charge < -0.3 is 9.84 Å². The smallest absolute Gasteiger partial charge is 0.243 e. The first-order valence-electron chi connectivity index (χ1n) is 5.22. The SMILES string of the molecule is COc1cccc(S(=O)(=O)N2CC(C)(O)C2)c1. The molecule has 0 radical (unpaired) electrons. The number of hydrogen-bond acceptors (Lipinski definition) is 4. The second kappa shape index (κ2) is 3.97. The van der Waals surface area contributed by atoms with E-state index in [0.717, 1.165) is 0 Å².